The van der Waals surface area contributed by atoms with Gasteiger partial charge in [-0.05, 0) is 43.0 Å². The summed E-state index contributed by atoms with van der Waals surface area (Å²) < 4.78 is 7.59. The third kappa shape index (κ3) is 4.85. The number of guanidine groups is 1. The van der Waals surface area contributed by atoms with Crippen molar-refractivity contribution in [1.82, 2.24) is 25.0 Å². The van der Waals surface area contributed by atoms with Crippen LogP contribution < -0.4 is 5.32 Å². The van der Waals surface area contributed by atoms with E-state index in [1.165, 1.54) is 11.3 Å². The Bertz CT molecular complexity index is 784. The van der Waals surface area contributed by atoms with Crippen LogP contribution in [0.15, 0.2) is 22.5 Å². The predicted octanol–water partition coefficient (Wildman–Crippen LogP) is 2.95. The number of likely N-dealkylation sites (tertiary alicyclic amines) is 1. The van der Waals surface area contributed by atoms with Crippen LogP contribution in [0.3, 0.4) is 0 Å². The number of hydrogen-bond acceptors (Lipinski definition) is 5. The number of thiophene rings is 1. The maximum atomic E-state index is 5.59. The van der Waals surface area contributed by atoms with Gasteiger partial charge in [-0.25, -0.2) is 4.99 Å². The quantitative estimate of drug-likeness (QED) is 0.385. The highest BCUT2D eigenvalue weighted by atomic mass is 127. The van der Waals surface area contributed by atoms with E-state index in [0.29, 0.717) is 12.0 Å². The smallest absolute Gasteiger partial charge is 0.194 e. The first kappa shape index (κ1) is 21.5. The van der Waals surface area contributed by atoms with Crippen LogP contribution in [0.4, 0.5) is 0 Å². The second kappa shape index (κ2) is 9.53. The number of halogens is 1. The van der Waals surface area contributed by atoms with E-state index in [-0.39, 0.29) is 24.0 Å². The Morgan fingerprint density at radius 3 is 2.82 bits per heavy atom. The molecule has 0 amide bonds. The number of ether oxygens (including phenoxy) is 1. The fourth-order valence-electron chi connectivity index (χ4n) is 3.91. The third-order valence-corrected chi connectivity index (χ3v) is 6.72. The van der Waals surface area contributed by atoms with E-state index in [1.807, 2.05) is 18.5 Å². The average molecular weight is 516 g/mol. The molecule has 28 heavy (non-hydrogen) atoms. The minimum atomic E-state index is 0. The zero-order valence-corrected chi connectivity index (χ0v) is 19.7. The molecule has 0 saturated carbocycles. The molecule has 2 saturated heterocycles. The molecule has 4 rings (SSSR count). The summed E-state index contributed by atoms with van der Waals surface area (Å²) in [5.74, 6) is 2.78. The van der Waals surface area contributed by atoms with E-state index in [2.05, 4.69) is 37.9 Å². The van der Waals surface area contributed by atoms with Crippen molar-refractivity contribution >= 4 is 41.3 Å². The molecule has 2 fully saturated rings. The molecule has 2 aliphatic heterocycles. The molecular weight excluding hydrogens is 487 g/mol. The van der Waals surface area contributed by atoms with Gasteiger partial charge in [0, 0.05) is 38.2 Å². The Kier molecular flexibility index (Phi) is 7.32. The van der Waals surface area contributed by atoms with E-state index >= 15 is 0 Å². The average Bonchev–Trinajstić information content (AvgIpc) is 3.40. The van der Waals surface area contributed by atoms with Crippen LogP contribution in [-0.4, -0.2) is 51.9 Å². The highest BCUT2D eigenvalue weighted by Crippen LogP contribution is 2.39. The van der Waals surface area contributed by atoms with E-state index in [4.69, 9.17) is 9.73 Å². The van der Waals surface area contributed by atoms with Crippen molar-refractivity contribution in [2.75, 3.05) is 26.3 Å². The van der Waals surface area contributed by atoms with Gasteiger partial charge in [0.05, 0.1) is 6.54 Å². The summed E-state index contributed by atoms with van der Waals surface area (Å²) in [6.07, 6.45) is 3.54. The monoisotopic (exact) mass is 516 g/mol. The number of hydrogen-bond donors (Lipinski definition) is 1. The maximum absolute atomic E-state index is 5.59. The minimum Gasteiger partial charge on any atom is -0.381 e. The molecule has 7 nitrogen and oxygen atoms in total. The van der Waals surface area contributed by atoms with Crippen LogP contribution in [0.1, 0.15) is 35.8 Å². The molecule has 2 aromatic rings. The van der Waals surface area contributed by atoms with Crippen molar-refractivity contribution < 1.29 is 4.74 Å². The molecule has 0 unspecified atom stereocenters. The van der Waals surface area contributed by atoms with Crippen molar-refractivity contribution in [3.63, 3.8) is 0 Å². The molecule has 0 bridgehead atoms. The van der Waals surface area contributed by atoms with Gasteiger partial charge in [0.25, 0.3) is 0 Å². The van der Waals surface area contributed by atoms with Gasteiger partial charge in [-0.3, -0.25) is 0 Å². The summed E-state index contributed by atoms with van der Waals surface area (Å²) >= 11 is 1.77. The lowest BCUT2D eigenvalue weighted by Crippen LogP contribution is -2.42. The molecule has 1 N–H and O–H groups in total. The van der Waals surface area contributed by atoms with Crippen LogP contribution in [0.25, 0.3) is 0 Å². The fourth-order valence-corrected chi connectivity index (χ4v) is 4.55. The number of rotatable bonds is 4. The van der Waals surface area contributed by atoms with Crippen molar-refractivity contribution in [2.24, 2.45) is 17.5 Å². The first-order valence-corrected chi connectivity index (χ1v) is 10.5. The largest absolute Gasteiger partial charge is 0.381 e. The zero-order chi connectivity index (χ0) is 18.7. The summed E-state index contributed by atoms with van der Waals surface area (Å²) in [4.78, 5) is 8.64. The number of aryl methyl sites for hydroxylation is 1. The second-order valence-corrected chi connectivity index (χ2v) is 8.61. The molecule has 0 aromatic carbocycles. The van der Waals surface area contributed by atoms with E-state index in [1.54, 1.807) is 11.3 Å². The first-order valence-electron chi connectivity index (χ1n) is 9.63. The van der Waals surface area contributed by atoms with E-state index in [9.17, 15) is 0 Å². The topological polar surface area (TPSA) is 67.6 Å². The van der Waals surface area contributed by atoms with Gasteiger partial charge in [-0.2, -0.15) is 0 Å². The van der Waals surface area contributed by atoms with E-state index < -0.39 is 0 Å². The van der Waals surface area contributed by atoms with Crippen LogP contribution in [-0.2, 0) is 24.9 Å². The number of nitrogens with zero attached hydrogens (tertiary/aromatic N) is 5. The molecule has 0 atom stereocenters. The predicted molar refractivity (Wildman–Crippen MR) is 122 cm³/mol. The Hall–Kier alpha value is -1.20. The summed E-state index contributed by atoms with van der Waals surface area (Å²) in [5.41, 5.74) is 0.394. The molecule has 4 heterocycles. The summed E-state index contributed by atoms with van der Waals surface area (Å²) in [7, 11) is 1.99. The molecule has 2 aliphatic rings. The molecule has 154 valence electrons. The van der Waals surface area contributed by atoms with Crippen LogP contribution in [0, 0.1) is 12.3 Å². The molecule has 0 aliphatic carbocycles. The molecule has 0 radical (unpaired) electrons. The van der Waals surface area contributed by atoms with Crippen molar-refractivity contribution in [3.8, 4) is 0 Å². The van der Waals surface area contributed by atoms with Crippen molar-refractivity contribution in [2.45, 2.75) is 39.3 Å². The third-order valence-electron chi connectivity index (χ3n) is 5.85. The van der Waals surface area contributed by atoms with Crippen LogP contribution in [0.2, 0.25) is 0 Å². The summed E-state index contributed by atoms with van der Waals surface area (Å²) in [6, 6.07) is 4.25. The van der Waals surface area contributed by atoms with Gasteiger partial charge < -0.3 is 19.5 Å². The fraction of sp³-hybridized carbons (Fsp3) is 0.632. The maximum Gasteiger partial charge on any atom is 0.194 e. The van der Waals surface area contributed by atoms with Crippen molar-refractivity contribution in [3.05, 3.63) is 34.0 Å². The lowest BCUT2D eigenvalue weighted by molar-refractivity contribution is 0.0217. The Morgan fingerprint density at radius 1 is 1.32 bits per heavy atom. The normalized spacial score (nSPS) is 19.1. The van der Waals surface area contributed by atoms with Crippen LogP contribution in [0.5, 0.6) is 0 Å². The second-order valence-electron chi connectivity index (χ2n) is 7.58. The van der Waals surface area contributed by atoms with Crippen LogP contribution >= 0.6 is 35.3 Å². The molecule has 9 heteroatoms. The number of nitrogens with one attached hydrogen (secondary N) is 1. The van der Waals surface area contributed by atoms with Gasteiger partial charge in [0.1, 0.15) is 12.4 Å². The highest BCUT2D eigenvalue weighted by molar-refractivity contribution is 14.0. The first-order chi connectivity index (χ1) is 13.2. The van der Waals surface area contributed by atoms with E-state index in [0.717, 1.165) is 63.3 Å². The van der Waals surface area contributed by atoms with Gasteiger partial charge in [-0.1, -0.05) is 6.07 Å². The molecule has 2 aromatic heterocycles. The van der Waals surface area contributed by atoms with Crippen molar-refractivity contribution in [1.29, 1.82) is 0 Å². The molecule has 1 spiro atoms. The Balaban J connectivity index is 0.00000225. The summed E-state index contributed by atoms with van der Waals surface area (Å²) in [5, 5.41) is 14.1. The minimum absolute atomic E-state index is 0. The lowest BCUT2D eigenvalue weighted by atomic mass is 9.80. The zero-order valence-electron chi connectivity index (χ0n) is 16.6. The van der Waals surface area contributed by atoms with Gasteiger partial charge in [-0.15, -0.1) is 45.5 Å². The SMILES string of the molecule is Cc1nnc(CN=C(NCc2cccs2)N2CCC3(CCOCC3)C2)n1C.I. The summed E-state index contributed by atoms with van der Waals surface area (Å²) in [6.45, 7) is 7.20. The lowest BCUT2D eigenvalue weighted by Gasteiger charge is -2.33. The standard InChI is InChI=1S/C19H28N6OS.HI/c1-15-22-23-17(24(15)2)13-21-18(20-12-16-4-3-11-27-16)25-8-5-19(14-25)6-9-26-10-7-19;/h3-4,11H,5-10,12-14H2,1-2H3,(H,20,21);1H. The number of aliphatic imine (C=N–C) groups is 1. The Morgan fingerprint density at radius 2 is 2.14 bits per heavy atom. The van der Waals surface area contributed by atoms with Gasteiger partial charge in [0.15, 0.2) is 11.8 Å². The molecular formula is C19H29IN6OS. The highest BCUT2D eigenvalue weighted by Gasteiger charge is 2.40. The Labute approximate surface area is 187 Å². The van der Waals surface area contributed by atoms with Gasteiger partial charge >= 0.3 is 0 Å². The number of aromatic nitrogens is 3. The van der Waals surface area contributed by atoms with Gasteiger partial charge in [0.2, 0.25) is 0 Å².